The van der Waals surface area contributed by atoms with E-state index in [2.05, 4.69) is 6.92 Å². The van der Waals surface area contributed by atoms with Crippen molar-refractivity contribution in [3.05, 3.63) is 0 Å². The molecule has 0 saturated carbocycles. The first-order valence-corrected chi connectivity index (χ1v) is 10.6. The first-order valence-electron chi connectivity index (χ1n) is 10.6. The second-order valence-electron chi connectivity index (χ2n) is 7.06. The fraction of sp³-hybridized carbons (Fsp3) is 1.00. The Balaban J connectivity index is 3.03. The number of hydrogen-bond acceptors (Lipinski definition) is 3. The molecule has 0 aromatic rings. The minimum Gasteiger partial charge on any atom is -0.394 e. The highest BCUT2D eigenvalue weighted by Crippen LogP contribution is 2.13. The van der Waals surface area contributed by atoms with Crippen LogP contribution in [0.2, 0.25) is 0 Å². The molecule has 0 saturated heterocycles. The maximum absolute atomic E-state index is 8.96. The molecule has 1 atom stereocenters. The van der Waals surface area contributed by atoms with Gasteiger partial charge in [-0.1, -0.05) is 96.8 Å². The second kappa shape index (κ2) is 20.9. The van der Waals surface area contributed by atoms with Crippen LogP contribution in [0.5, 0.6) is 0 Å². The van der Waals surface area contributed by atoms with Crippen molar-refractivity contribution < 1.29 is 14.6 Å². The molecule has 0 heterocycles. The number of aliphatic hydroxyl groups is 1. The monoisotopic (exact) mass is 344 g/mol. The SMILES string of the molecule is CCCCCCCCCCCCCCCCCOCC(CO)OC. The van der Waals surface area contributed by atoms with Crippen LogP contribution in [0, 0.1) is 0 Å². The van der Waals surface area contributed by atoms with E-state index in [1.165, 1.54) is 89.9 Å². The van der Waals surface area contributed by atoms with Crippen LogP contribution in [0.25, 0.3) is 0 Å². The zero-order valence-corrected chi connectivity index (χ0v) is 16.6. The summed E-state index contributed by atoms with van der Waals surface area (Å²) in [5.41, 5.74) is 0. The average molecular weight is 345 g/mol. The molecule has 0 aliphatic rings. The standard InChI is InChI=1S/C21H44O3/c1-3-4-5-6-7-8-9-10-11-12-13-14-15-16-17-18-24-20-21(19-22)23-2/h21-22H,3-20H2,1-2H3. The van der Waals surface area contributed by atoms with Gasteiger partial charge < -0.3 is 14.6 Å². The molecular weight excluding hydrogens is 300 g/mol. The summed E-state index contributed by atoms with van der Waals surface area (Å²) >= 11 is 0. The van der Waals surface area contributed by atoms with E-state index in [0.29, 0.717) is 6.61 Å². The Morgan fingerprint density at radius 1 is 0.667 bits per heavy atom. The van der Waals surface area contributed by atoms with E-state index in [0.717, 1.165) is 13.0 Å². The molecule has 0 aromatic carbocycles. The van der Waals surface area contributed by atoms with E-state index in [1.807, 2.05) is 0 Å². The molecule has 0 aliphatic carbocycles. The van der Waals surface area contributed by atoms with Gasteiger partial charge in [-0.3, -0.25) is 0 Å². The first-order chi connectivity index (χ1) is 11.8. The summed E-state index contributed by atoms with van der Waals surface area (Å²) in [4.78, 5) is 0. The lowest BCUT2D eigenvalue weighted by Crippen LogP contribution is -2.22. The average Bonchev–Trinajstić information content (AvgIpc) is 2.61. The van der Waals surface area contributed by atoms with Gasteiger partial charge in [-0.05, 0) is 6.42 Å². The van der Waals surface area contributed by atoms with E-state index in [-0.39, 0.29) is 12.7 Å². The third-order valence-corrected chi connectivity index (χ3v) is 4.73. The lowest BCUT2D eigenvalue weighted by Gasteiger charge is -2.12. The van der Waals surface area contributed by atoms with Crippen LogP contribution in [0.4, 0.5) is 0 Å². The molecule has 0 fully saturated rings. The van der Waals surface area contributed by atoms with Crippen molar-refractivity contribution in [2.75, 3.05) is 26.9 Å². The molecule has 0 aromatic heterocycles. The molecule has 1 unspecified atom stereocenters. The lowest BCUT2D eigenvalue weighted by molar-refractivity contribution is -0.0205. The van der Waals surface area contributed by atoms with Crippen molar-refractivity contribution in [2.45, 2.75) is 109 Å². The first kappa shape index (κ1) is 23.9. The Labute approximate surface area is 151 Å². The molecule has 0 bridgehead atoms. The number of hydrogen-bond donors (Lipinski definition) is 1. The van der Waals surface area contributed by atoms with Crippen molar-refractivity contribution in [3.63, 3.8) is 0 Å². The normalized spacial score (nSPS) is 12.6. The predicted octanol–water partition coefficient (Wildman–Crippen LogP) is 5.88. The molecular formula is C21H44O3. The van der Waals surface area contributed by atoms with Gasteiger partial charge in [0.15, 0.2) is 0 Å². The quantitative estimate of drug-likeness (QED) is 0.280. The lowest BCUT2D eigenvalue weighted by atomic mass is 10.0. The number of aliphatic hydroxyl groups excluding tert-OH is 1. The number of rotatable bonds is 20. The summed E-state index contributed by atoms with van der Waals surface area (Å²) in [6, 6.07) is 0. The van der Waals surface area contributed by atoms with Gasteiger partial charge >= 0.3 is 0 Å². The Kier molecular flexibility index (Phi) is 20.8. The van der Waals surface area contributed by atoms with Gasteiger partial charge in [0.1, 0.15) is 6.10 Å². The Bertz CT molecular complexity index is 217. The van der Waals surface area contributed by atoms with Crippen molar-refractivity contribution in [1.29, 1.82) is 0 Å². The minimum absolute atomic E-state index is 0.0371. The van der Waals surface area contributed by atoms with Crippen LogP contribution in [-0.4, -0.2) is 38.1 Å². The summed E-state index contributed by atoms with van der Waals surface area (Å²) < 4.78 is 10.6. The summed E-state index contributed by atoms with van der Waals surface area (Å²) in [7, 11) is 1.61. The zero-order chi connectivity index (χ0) is 17.7. The molecule has 0 radical (unpaired) electrons. The van der Waals surface area contributed by atoms with Gasteiger partial charge in [-0.25, -0.2) is 0 Å². The van der Waals surface area contributed by atoms with E-state index in [9.17, 15) is 0 Å². The zero-order valence-electron chi connectivity index (χ0n) is 16.6. The van der Waals surface area contributed by atoms with Crippen LogP contribution in [0.15, 0.2) is 0 Å². The van der Waals surface area contributed by atoms with Gasteiger partial charge in [0, 0.05) is 13.7 Å². The maximum Gasteiger partial charge on any atom is 0.103 e. The van der Waals surface area contributed by atoms with E-state index < -0.39 is 0 Å². The van der Waals surface area contributed by atoms with E-state index in [4.69, 9.17) is 14.6 Å². The van der Waals surface area contributed by atoms with Gasteiger partial charge in [0.2, 0.25) is 0 Å². The Hall–Kier alpha value is -0.120. The second-order valence-corrected chi connectivity index (χ2v) is 7.06. The van der Waals surface area contributed by atoms with Crippen LogP contribution in [0.3, 0.4) is 0 Å². The smallest absolute Gasteiger partial charge is 0.103 e. The summed E-state index contributed by atoms with van der Waals surface area (Å²) in [6.07, 6.45) is 20.6. The Morgan fingerprint density at radius 2 is 1.08 bits per heavy atom. The van der Waals surface area contributed by atoms with Crippen LogP contribution >= 0.6 is 0 Å². The predicted molar refractivity (Wildman–Crippen MR) is 104 cm³/mol. The molecule has 3 nitrogen and oxygen atoms in total. The van der Waals surface area contributed by atoms with Gasteiger partial charge in [0.05, 0.1) is 13.2 Å². The van der Waals surface area contributed by atoms with E-state index in [1.54, 1.807) is 7.11 Å². The number of methoxy groups -OCH3 is 1. The van der Waals surface area contributed by atoms with Gasteiger partial charge in [0.25, 0.3) is 0 Å². The highest BCUT2D eigenvalue weighted by Gasteiger charge is 2.04. The summed E-state index contributed by atoms with van der Waals surface area (Å²) in [5, 5.41) is 8.96. The van der Waals surface area contributed by atoms with Crippen molar-refractivity contribution in [3.8, 4) is 0 Å². The summed E-state index contributed by atoms with van der Waals surface area (Å²) in [6.45, 7) is 3.61. The van der Waals surface area contributed by atoms with Crippen LogP contribution < -0.4 is 0 Å². The third-order valence-electron chi connectivity index (χ3n) is 4.73. The van der Waals surface area contributed by atoms with Gasteiger partial charge in [-0.15, -0.1) is 0 Å². The van der Waals surface area contributed by atoms with Crippen molar-refractivity contribution in [1.82, 2.24) is 0 Å². The maximum atomic E-state index is 8.96. The number of ether oxygens (including phenoxy) is 2. The molecule has 1 N–H and O–H groups in total. The molecule has 0 amide bonds. The fourth-order valence-corrected chi connectivity index (χ4v) is 2.99. The topological polar surface area (TPSA) is 38.7 Å². The summed E-state index contributed by atoms with van der Waals surface area (Å²) in [5.74, 6) is 0. The molecule has 3 heteroatoms. The molecule has 24 heavy (non-hydrogen) atoms. The highest BCUT2D eigenvalue weighted by molar-refractivity contribution is 4.52. The molecule has 0 rings (SSSR count). The van der Waals surface area contributed by atoms with Crippen LogP contribution in [0.1, 0.15) is 103 Å². The van der Waals surface area contributed by atoms with Crippen molar-refractivity contribution in [2.24, 2.45) is 0 Å². The number of unbranched alkanes of at least 4 members (excludes halogenated alkanes) is 14. The van der Waals surface area contributed by atoms with Gasteiger partial charge in [-0.2, -0.15) is 0 Å². The minimum atomic E-state index is -0.165. The Morgan fingerprint density at radius 3 is 1.46 bits per heavy atom. The molecule has 146 valence electrons. The van der Waals surface area contributed by atoms with Crippen LogP contribution in [-0.2, 0) is 9.47 Å². The molecule has 0 aliphatic heterocycles. The molecule has 0 spiro atoms. The third kappa shape index (κ3) is 18.2. The van der Waals surface area contributed by atoms with E-state index >= 15 is 0 Å². The fourth-order valence-electron chi connectivity index (χ4n) is 2.99. The highest BCUT2D eigenvalue weighted by atomic mass is 16.5. The van der Waals surface area contributed by atoms with Crippen molar-refractivity contribution >= 4 is 0 Å². The largest absolute Gasteiger partial charge is 0.394 e.